The van der Waals surface area contributed by atoms with E-state index in [1.54, 1.807) is 6.92 Å². The molecule has 2 atom stereocenters. The van der Waals surface area contributed by atoms with E-state index < -0.39 is 9.84 Å². The summed E-state index contributed by atoms with van der Waals surface area (Å²) in [6.07, 6.45) is 6.07. The minimum Gasteiger partial charge on any atom is -0.327 e. The van der Waals surface area contributed by atoms with Gasteiger partial charge in [-0.15, -0.1) is 0 Å². The molecule has 0 aromatic heterocycles. The third-order valence-electron chi connectivity index (χ3n) is 3.12. The van der Waals surface area contributed by atoms with Crippen molar-refractivity contribution in [3.63, 3.8) is 0 Å². The van der Waals surface area contributed by atoms with Gasteiger partial charge in [-0.3, -0.25) is 0 Å². The molecule has 0 radical (unpaired) electrons. The fourth-order valence-corrected chi connectivity index (χ4v) is 3.76. The van der Waals surface area contributed by atoms with Crippen LogP contribution in [0.2, 0.25) is 0 Å². The lowest BCUT2D eigenvalue weighted by molar-refractivity contribution is 0.444. The summed E-state index contributed by atoms with van der Waals surface area (Å²) in [7, 11) is -2.93. The summed E-state index contributed by atoms with van der Waals surface area (Å²) in [5.41, 5.74) is 5.93. The van der Waals surface area contributed by atoms with Crippen LogP contribution in [0.25, 0.3) is 0 Å². The molecule has 2 N–H and O–H groups in total. The molecule has 4 heteroatoms. The lowest BCUT2D eigenvalue weighted by Gasteiger charge is -2.25. The van der Waals surface area contributed by atoms with Gasteiger partial charge in [0.1, 0.15) is 0 Å². The number of sulfone groups is 1. The molecule has 0 heterocycles. The van der Waals surface area contributed by atoms with E-state index >= 15 is 0 Å². The number of hydrogen-bond donors (Lipinski definition) is 1. The van der Waals surface area contributed by atoms with E-state index in [4.69, 9.17) is 5.73 Å². The highest BCUT2D eigenvalue weighted by molar-refractivity contribution is 7.92. The van der Waals surface area contributed by atoms with Crippen LogP contribution in [0.5, 0.6) is 0 Å². The van der Waals surface area contributed by atoms with E-state index in [9.17, 15) is 8.42 Å². The van der Waals surface area contributed by atoms with E-state index in [1.807, 2.05) is 0 Å². The Morgan fingerprint density at radius 3 is 2.29 bits per heavy atom. The first kappa shape index (κ1) is 12.0. The number of hydrogen-bond acceptors (Lipinski definition) is 3. The molecule has 1 saturated carbocycles. The zero-order chi connectivity index (χ0) is 10.6. The molecule has 0 bridgehead atoms. The molecule has 0 aromatic carbocycles. The molecule has 1 aliphatic rings. The van der Waals surface area contributed by atoms with Gasteiger partial charge in [0, 0.05) is 11.8 Å². The van der Waals surface area contributed by atoms with Gasteiger partial charge in [-0.05, 0) is 12.8 Å². The minimum absolute atomic E-state index is 0.139. The fraction of sp³-hybridized carbons (Fsp3) is 1.00. The van der Waals surface area contributed by atoms with Gasteiger partial charge in [0.2, 0.25) is 0 Å². The van der Waals surface area contributed by atoms with Gasteiger partial charge < -0.3 is 5.73 Å². The normalized spacial score (nSPS) is 30.7. The smallest absolute Gasteiger partial charge is 0.154 e. The molecule has 0 saturated heterocycles. The van der Waals surface area contributed by atoms with Crippen LogP contribution in [0.3, 0.4) is 0 Å². The van der Waals surface area contributed by atoms with Gasteiger partial charge in [-0.25, -0.2) is 8.42 Å². The summed E-state index contributed by atoms with van der Waals surface area (Å²) < 4.78 is 23.5. The van der Waals surface area contributed by atoms with Crippen LogP contribution in [-0.2, 0) is 9.84 Å². The Morgan fingerprint density at radius 2 is 1.71 bits per heavy atom. The standard InChI is InChI=1S/C10H21NO2S/c1-2-14(12,13)10-8-6-4-3-5-7-9(10)11/h9-10H,2-8,11H2,1H3. The van der Waals surface area contributed by atoms with Gasteiger partial charge in [-0.1, -0.05) is 32.6 Å². The van der Waals surface area contributed by atoms with E-state index in [0.717, 1.165) is 32.1 Å². The summed E-state index contributed by atoms with van der Waals surface area (Å²) >= 11 is 0. The average Bonchev–Trinajstić information content (AvgIpc) is 2.11. The van der Waals surface area contributed by atoms with E-state index in [2.05, 4.69) is 0 Å². The zero-order valence-electron chi connectivity index (χ0n) is 8.91. The van der Waals surface area contributed by atoms with Gasteiger partial charge >= 0.3 is 0 Å². The molecule has 84 valence electrons. The second kappa shape index (κ2) is 5.12. The van der Waals surface area contributed by atoms with Crippen LogP contribution < -0.4 is 5.73 Å². The average molecular weight is 219 g/mol. The molecule has 2 unspecified atom stereocenters. The van der Waals surface area contributed by atoms with Crippen LogP contribution in [0, 0.1) is 0 Å². The number of nitrogens with two attached hydrogens (primary N) is 1. The van der Waals surface area contributed by atoms with Crippen molar-refractivity contribution >= 4 is 9.84 Å². The minimum atomic E-state index is -2.93. The van der Waals surface area contributed by atoms with Crippen LogP contribution in [-0.4, -0.2) is 25.5 Å². The van der Waals surface area contributed by atoms with Crippen LogP contribution in [0.15, 0.2) is 0 Å². The fourth-order valence-electron chi connectivity index (χ4n) is 2.14. The predicted octanol–water partition coefficient (Wildman–Crippen LogP) is 1.47. The molecule has 1 rings (SSSR count). The van der Waals surface area contributed by atoms with Crippen molar-refractivity contribution in [2.45, 2.75) is 56.7 Å². The Kier molecular flexibility index (Phi) is 4.38. The Labute approximate surface area is 87.0 Å². The van der Waals surface area contributed by atoms with Crippen molar-refractivity contribution in [2.75, 3.05) is 5.75 Å². The molecule has 1 aliphatic carbocycles. The molecule has 0 amide bonds. The maximum atomic E-state index is 11.7. The van der Waals surface area contributed by atoms with Crippen molar-refractivity contribution in [1.29, 1.82) is 0 Å². The Balaban J connectivity index is 2.72. The Morgan fingerprint density at radius 1 is 1.14 bits per heavy atom. The predicted molar refractivity (Wildman–Crippen MR) is 58.9 cm³/mol. The molecule has 0 aromatic rings. The Hall–Kier alpha value is -0.0900. The topological polar surface area (TPSA) is 60.2 Å². The third-order valence-corrected chi connectivity index (χ3v) is 5.43. The summed E-state index contributed by atoms with van der Waals surface area (Å²) in [6.45, 7) is 1.71. The first-order chi connectivity index (χ1) is 6.58. The highest BCUT2D eigenvalue weighted by Crippen LogP contribution is 2.22. The lowest BCUT2D eigenvalue weighted by Crippen LogP contribution is -2.41. The second-order valence-electron chi connectivity index (χ2n) is 4.15. The summed E-state index contributed by atoms with van der Waals surface area (Å²) in [5.74, 6) is 0.228. The first-order valence-corrected chi connectivity index (χ1v) is 7.26. The first-order valence-electron chi connectivity index (χ1n) is 5.55. The van der Waals surface area contributed by atoms with Gasteiger partial charge in [0.05, 0.1) is 5.25 Å². The molecule has 0 aliphatic heterocycles. The van der Waals surface area contributed by atoms with Crippen LogP contribution in [0.1, 0.15) is 45.4 Å². The van der Waals surface area contributed by atoms with Gasteiger partial charge in [0.15, 0.2) is 9.84 Å². The van der Waals surface area contributed by atoms with E-state index in [0.29, 0.717) is 0 Å². The van der Waals surface area contributed by atoms with Crippen LogP contribution in [0.4, 0.5) is 0 Å². The van der Waals surface area contributed by atoms with Crippen LogP contribution >= 0.6 is 0 Å². The van der Waals surface area contributed by atoms with Crippen molar-refractivity contribution in [3.05, 3.63) is 0 Å². The highest BCUT2D eigenvalue weighted by Gasteiger charge is 2.29. The lowest BCUT2D eigenvalue weighted by atomic mass is 9.97. The Bertz CT molecular complexity index is 261. The molecule has 14 heavy (non-hydrogen) atoms. The monoisotopic (exact) mass is 219 g/mol. The maximum Gasteiger partial charge on any atom is 0.154 e. The van der Waals surface area contributed by atoms with Gasteiger partial charge in [0.25, 0.3) is 0 Å². The highest BCUT2D eigenvalue weighted by atomic mass is 32.2. The summed E-state index contributed by atoms with van der Waals surface area (Å²) in [4.78, 5) is 0. The zero-order valence-corrected chi connectivity index (χ0v) is 9.72. The molecular formula is C10H21NO2S. The molecule has 0 spiro atoms. The van der Waals surface area contributed by atoms with Crippen molar-refractivity contribution in [1.82, 2.24) is 0 Å². The maximum absolute atomic E-state index is 11.7. The summed E-state index contributed by atoms with van der Waals surface area (Å²) in [6, 6.07) is -0.139. The molecule has 3 nitrogen and oxygen atoms in total. The molecular weight excluding hydrogens is 198 g/mol. The van der Waals surface area contributed by atoms with Crippen molar-refractivity contribution < 1.29 is 8.42 Å². The van der Waals surface area contributed by atoms with Gasteiger partial charge in [-0.2, -0.15) is 0 Å². The van der Waals surface area contributed by atoms with E-state index in [-0.39, 0.29) is 17.0 Å². The van der Waals surface area contributed by atoms with E-state index in [1.165, 1.54) is 6.42 Å². The SMILES string of the molecule is CCS(=O)(=O)C1CCCCCCC1N. The second-order valence-corrected chi connectivity index (χ2v) is 6.65. The number of rotatable bonds is 2. The quantitative estimate of drug-likeness (QED) is 0.765. The largest absolute Gasteiger partial charge is 0.327 e. The third kappa shape index (κ3) is 2.95. The van der Waals surface area contributed by atoms with Crippen molar-refractivity contribution in [3.8, 4) is 0 Å². The molecule has 1 fully saturated rings. The van der Waals surface area contributed by atoms with Crippen molar-refractivity contribution in [2.24, 2.45) is 5.73 Å². The summed E-state index contributed by atoms with van der Waals surface area (Å²) in [5, 5.41) is -0.284.